The molecule has 1 fully saturated rings. The largest absolute Gasteiger partial charge is 0.507 e. The Bertz CT molecular complexity index is 805. The maximum Gasteiger partial charge on any atom is 0.306 e. The van der Waals surface area contributed by atoms with Gasteiger partial charge in [-0.15, -0.1) is 0 Å². The minimum absolute atomic E-state index is 0.000720. The van der Waals surface area contributed by atoms with E-state index in [0.717, 1.165) is 25.7 Å². The summed E-state index contributed by atoms with van der Waals surface area (Å²) in [6.07, 6.45) is 5.44. The Hall–Kier alpha value is -2.30. The van der Waals surface area contributed by atoms with Crippen molar-refractivity contribution in [1.29, 1.82) is 0 Å². The highest BCUT2D eigenvalue weighted by Crippen LogP contribution is 2.41. The maximum absolute atomic E-state index is 12.7. The number of carbonyl (C=O) groups excluding carboxylic acids is 1. The van der Waals surface area contributed by atoms with Crippen LogP contribution in [0.15, 0.2) is 29.1 Å². The van der Waals surface area contributed by atoms with Crippen molar-refractivity contribution in [1.82, 2.24) is 4.98 Å². The van der Waals surface area contributed by atoms with Crippen LogP contribution >= 0.6 is 0 Å². The molecule has 0 aliphatic heterocycles. The Morgan fingerprint density at radius 1 is 1.28 bits per heavy atom. The summed E-state index contributed by atoms with van der Waals surface area (Å²) >= 11 is 0. The minimum Gasteiger partial charge on any atom is -0.507 e. The van der Waals surface area contributed by atoms with Gasteiger partial charge < -0.3 is 14.8 Å². The lowest BCUT2D eigenvalue weighted by atomic mass is 9.75. The summed E-state index contributed by atoms with van der Waals surface area (Å²) in [4.78, 5) is 27.7. The number of carbonyl (C=O) groups is 1. The molecule has 0 amide bonds. The van der Waals surface area contributed by atoms with Crippen molar-refractivity contribution in [2.45, 2.75) is 51.4 Å². The maximum atomic E-state index is 12.7. The molecule has 0 unspecified atom stereocenters. The van der Waals surface area contributed by atoms with Crippen LogP contribution in [-0.2, 0) is 9.53 Å². The molecule has 25 heavy (non-hydrogen) atoms. The van der Waals surface area contributed by atoms with Gasteiger partial charge in [0, 0.05) is 11.3 Å². The first-order valence-corrected chi connectivity index (χ1v) is 9.11. The van der Waals surface area contributed by atoms with Gasteiger partial charge in [0.2, 0.25) is 0 Å². The SMILES string of the molecule is CCOC(=O)C[C@H](c1c(O)c2ccccc2[nH]c1=O)C1CCCCC1. The number of benzene rings is 1. The van der Waals surface area contributed by atoms with Gasteiger partial charge in [0.25, 0.3) is 5.56 Å². The molecular formula is C20H25NO4. The third-order valence-electron chi connectivity index (χ3n) is 5.21. The van der Waals surface area contributed by atoms with E-state index >= 15 is 0 Å². The lowest BCUT2D eigenvalue weighted by Gasteiger charge is -2.30. The normalized spacial score (nSPS) is 16.7. The van der Waals surface area contributed by atoms with Crippen molar-refractivity contribution < 1.29 is 14.6 Å². The highest BCUT2D eigenvalue weighted by Gasteiger charge is 2.32. The van der Waals surface area contributed by atoms with E-state index in [2.05, 4.69) is 4.98 Å². The Balaban J connectivity index is 2.06. The molecule has 1 heterocycles. The summed E-state index contributed by atoms with van der Waals surface area (Å²) in [7, 11) is 0. The van der Waals surface area contributed by atoms with Crippen molar-refractivity contribution >= 4 is 16.9 Å². The molecule has 1 saturated carbocycles. The molecular weight excluding hydrogens is 318 g/mol. The van der Waals surface area contributed by atoms with E-state index in [4.69, 9.17) is 4.74 Å². The van der Waals surface area contributed by atoms with Gasteiger partial charge in [-0.1, -0.05) is 31.4 Å². The van der Waals surface area contributed by atoms with Gasteiger partial charge in [-0.3, -0.25) is 9.59 Å². The predicted octanol–water partition coefficient (Wildman–Crippen LogP) is 3.85. The number of esters is 1. The number of hydrogen-bond donors (Lipinski definition) is 2. The number of para-hydroxylation sites is 1. The topological polar surface area (TPSA) is 79.4 Å². The molecule has 0 spiro atoms. The van der Waals surface area contributed by atoms with E-state index in [1.807, 2.05) is 12.1 Å². The fraction of sp³-hybridized carbons (Fsp3) is 0.500. The second kappa shape index (κ2) is 7.72. The second-order valence-corrected chi connectivity index (χ2v) is 6.78. The summed E-state index contributed by atoms with van der Waals surface area (Å²) in [5, 5.41) is 11.4. The van der Waals surface area contributed by atoms with Crippen LogP contribution in [0.1, 0.15) is 56.9 Å². The summed E-state index contributed by atoms with van der Waals surface area (Å²) in [6.45, 7) is 2.09. The van der Waals surface area contributed by atoms with E-state index in [1.54, 1.807) is 19.1 Å². The molecule has 1 aliphatic carbocycles. The number of nitrogens with one attached hydrogen (secondary N) is 1. The Morgan fingerprint density at radius 3 is 2.72 bits per heavy atom. The molecule has 2 N–H and O–H groups in total. The van der Waals surface area contributed by atoms with Crippen LogP contribution in [0.5, 0.6) is 5.75 Å². The number of fused-ring (bicyclic) bond motifs is 1. The van der Waals surface area contributed by atoms with E-state index in [1.165, 1.54) is 6.42 Å². The molecule has 0 saturated heterocycles. The van der Waals surface area contributed by atoms with Crippen LogP contribution in [0.4, 0.5) is 0 Å². The van der Waals surface area contributed by atoms with Crippen LogP contribution in [0.2, 0.25) is 0 Å². The zero-order valence-corrected chi connectivity index (χ0v) is 14.6. The van der Waals surface area contributed by atoms with E-state index in [-0.39, 0.29) is 35.5 Å². The first kappa shape index (κ1) is 17.5. The van der Waals surface area contributed by atoms with Gasteiger partial charge in [0.1, 0.15) is 5.75 Å². The van der Waals surface area contributed by atoms with Crippen LogP contribution in [0, 0.1) is 5.92 Å². The van der Waals surface area contributed by atoms with E-state index in [9.17, 15) is 14.7 Å². The average molecular weight is 343 g/mol. The van der Waals surface area contributed by atoms with Crippen LogP contribution in [-0.4, -0.2) is 22.7 Å². The van der Waals surface area contributed by atoms with Crippen molar-refractivity contribution in [2.24, 2.45) is 5.92 Å². The molecule has 1 aromatic carbocycles. The van der Waals surface area contributed by atoms with Gasteiger partial charge in [0.15, 0.2) is 0 Å². The number of H-pyrrole nitrogens is 1. The second-order valence-electron chi connectivity index (χ2n) is 6.78. The molecule has 0 bridgehead atoms. The molecule has 1 atom stereocenters. The molecule has 134 valence electrons. The van der Waals surface area contributed by atoms with Gasteiger partial charge >= 0.3 is 5.97 Å². The summed E-state index contributed by atoms with van der Waals surface area (Å²) < 4.78 is 5.12. The summed E-state index contributed by atoms with van der Waals surface area (Å²) in [5.41, 5.74) is 0.627. The van der Waals surface area contributed by atoms with Crippen LogP contribution in [0.25, 0.3) is 10.9 Å². The van der Waals surface area contributed by atoms with Crippen molar-refractivity contribution in [3.05, 3.63) is 40.2 Å². The fourth-order valence-electron chi connectivity index (χ4n) is 4.03. The minimum atomic E-state index is -0.315. The number of aromatic nitrogens is 1. The Labute approximate surface area is 147 Å². The molecule has 5 nitrogen and oxygen atoms in total. The Morgan fingerprint density at radius 2 is 2.00 bits per heavy atom. The van der Waals surface area contributed by atoms with Gasteiger partial charge in [-0.05, 0) is 37.8 Å². The molecule has 1 aromatic heterocycles. The highest BCUT2D eigenvalue weighted by atomic mass is 16.5. The van der Waals surface area contributed by atoms with Gasteiger partial charge in [0.05, 0.1) is 24.1 Å². The first-order chi connectivity index (χ1) is 12.1. The number of aromatic amines is 1. The monoisotopic (exact) mass is 343 g/mol. The fourth-order valence-corrected chi connectivity index (χ4v) is 4.03. The zero-order chi connectivity index (χ0) is 17.8. The van der Waals surface area contributed by atoms with Crippen LogP contribution in [0.3, 0.4) is 0 Å². The number of aromatic hydroxyl groups is 1. The quantitative estimate of drug-likeness (QED) is 0.808. The highest BCUT2D eigenvalue weighted by molar-refractivity contribution is 5.86. The van der Waals surface area contributed by atoms with E-state index < -0.39 is 0 Å². The number of rotatable bonds is 5. The number of hydrogen-bond acceptors (Lipinski definition) is 4. The summed E-state index contributed by atoms with van der Waals surface area (Å²) in [5.74, 6) is -0.414. The zero-order valence-electron chi connectivity index (χ0n) is 14.6. The predicted molar refractivity (Wildman–Crippen MR) is 96.8 cm³/mol. The van der Waals surface area contributed by atoms with Gasteiger partial charge in [-0.2, -0.15) is 0 Å². The van der Waals surface area contributed by atoms with Gasteiger partial charge in [-0.25, -0.2) is 0 Å². The molecule has 5 heteroatoms. The molecule has 2 aromatic rings. The first-order valence-electron chi connectivity index (χ1n) is 9.11. The lowest BCUT2D eigenvalue weighted by Crippen LogP contribution is -2.26. The lowest BCUT2D eigenvalue weighted by molar-refractivity contribution is -0.144. The summed E-state index contributed by atoms with van der Waals surface area (Å²) in [6, 6.07) is 7.19. The van der Waals surface area contributed by atoms with Crippen molar-refractivity contribution in [3.8, 4) is 5.75 Å². The third kappa shape index (κ3) is 3.70. The van der Waals surface area contributed by atoms with E-state index in [0.29, 0.717) is 23.1 Å². The van der Waals surface area contributed by atoms with Crippen molar-refractivity contribution in [2.75, 3.05) is 6.61 Å². The number of ether oxygens (including phenoxy) is 1. The average Bonchev–Trinajstić information content (AvgIpc) is 2.62. The third-order valence-corrected chi connectivity index (χ3v) is 5.21. The van der Waals surface area contributed by atoms with Crippen molar-refractivity contribution in [3.63, 3.8) is 0 Å². The standard InChI is InChI=1S/C20H25NO4/c1-2-25-17(22)12-15(13-8-4-3-5-9-13)18-19(23)14-10-6-7-11-16(14)21-20(18)24/h6-7,10-11,13,15H,2-5,8-9,12H2,1H3,(H2,21,23,24)/t15-/m0/s1. The van der Waals surface area contributed by atoms with Crippen LogP contribution < -0.4 is 5.56 Å². The number of pyridine rings is 1. The molecule has 3 rings (SSSR count). The molecule has 0 radical (unpaired) electrons. The smallest absolute Gasteiger partial charge is 0.306 e. The Kier molecular flexibility index (Phi) is 5.41. The molecule has 1 aliphatic rings.